The van der Waals surface area contributed by atoms with Crippen molar-refractivity contribution in [2.75, 3.05) is 26.2 Å². The minimum absolute atomic E-state index is 0.0215. The summed E-state index contributed by atoms with van der Waals surface area (Å²) in [5.41, 5.74) is 5.07. The molecule has 1 aromatic carbocycles. The zero-order valence-corrected chi connectivity index (χ0v) is 17.0. The number of likely N-dealkylation sites (N-methyl/N-ethyl adjacent to an activating group) is 1. The van der Waals surface area contributed by atoms with Gasteiger partial charge in [-0.3, -0.25) is 14.8 Å². The number of halogens is 1. The molecule has 2 heterocycles. The van der Waals surface area contributed by atoms with Crippen LogP contribution in [0.5, 0.6) is 5.75 Å². The van der Waals surface area contributed by atoms with Gasteiger partial charge < -0.3 is 10.1 Å². The molecule has 28 heavy (non-hydrogen) atoms. The van der Waals surface area contributed by atoms with Crippen molar-refractivity contribution in [3.63, 3.8) is 0 Å². The number of nitrogens with one attached hydrogen (secondary N) is 2. The summed E-state index contributed by atoms with van der Waals surface area (Å²) in [7, 11) is 0. The number of rotatable bonds is 7. The van der Waals surface area contributed by atoms with Crippen LogP contribution in [0.2, 0.25) is 5.02 Å². The first-order valence-corrected chi connectivity index (χ1v) is 10.5. The zero-order chi connectivity index (χ0) is 19.5. The maximum absolute atomic E-state index is 11.6. The molecule has 1 fully saturated rings. The van der Waals surface area contributed by atoms with E-state index in [2.05, 4.69) is 20.4 Å². The Labute approximate surface area is 170 Å². The minimum Gasteiger partial charge on any atom is -0.482 e. The van der Waals surface area contributed by atoms with Crippen molar-refractivity contribution in [1.29, 1.82) is 0 Å². The van der Waals surface area contributed by atoms with E-state index in [4.69, 9.17) is 16.3 Å². The van der Waals surface area contributed by atoms with E-state index >= 15 is 0 Å². The fourth-order valence-corrected chi connectivity index (χ4v) is 4.07. The van der Waals surface area contributed by atoms with Gasteiger partial charge in [0.25, 0.3) is 5.91 Å². The van der Waals surface area contributed by atoms with Crippen LogP contribution in [0.3, 0.4) is 0 Å². The van der Waals surface area contributed by atoms with Gasteiger partial charge >= 0.3 is 0 Å². The van der Waals surface area contributed by atoms with Crippen molar-refractivity contribution in [1.82, 2.24) is 20.4 Å². The summed E-state index contributed by atoms with van der Waals surface area (Å²) in [5.74, 6) is 1.10. The molecule has 1 aromatic heterocycles. The van der Waals surface area contributed by atoms with Crippen LogP contribution in [-0.4, -0.2) is 47.2 Å². The molecule has 2 aliphatic rings. The molecule has 0 unspecified atom stereocenters. The zero-order valence-electron chi connectivity index (χ0n) is 16.3. The molecule has 2 aromatic rings. The summed E-state index contributed by atoms with van der Waals surface area (Å²) in [4.78, 5) is 14.1. The first kappa shape index (κ1) is 19.3. The van der Waals surface area contributed by atoms with Gasteiger partial charge in [0.05, 0.1) is 10.7 Å². The molecule has 6 nitrogen and oxygen atoms in total. The maximum Gasteiger partial charge on any atom is 0.257 e. The molecule has 0 spiro atoms. The highest BCUT2D eigenvalue weighted by molar-refractivity contribution is 6.32. The normalized spacial score (nSPS) is 17.1. The smallest absolute Gasteiger partial charge is 0.257 e. The number of carbonyl (C=O) groups is 1. The van der Waals surface area contributed by atoms with Crippen molar-refractivity contribution in [2.24, 2.45) is 0 Å². The second kappa shape index (κ2) is 8.53. The van der Waals surface area contributed by atoms with Crippen LogP contribution in [0.4, 0.5) is 0 Å². The van der Waals surface area contributed by atoms with E-state index in [-0.39, 0.29) is 12.5 Å². The van der Waals surface area contributed by atoms with Crippen LogP contribution in [0, 0.1) is 0 Å². The Hall–Kier alpha value is -2.05. The second-order valence-electron chi connectivity index (χ2n) is 7.59. The number of aromatic nitrogens is 2. The Bertz CT molecular complexity index is 847. The lowest BCUT2D eigenvalue weighted by Gasteiger charge is -2.21. The summed E-state index contributed by atoms with van der Waals surface area (Å²) in [6.07, 6.45) is 4.57. The fourth-order valence-electron chi connectivity index (χ4n) is 3.83. The van der Waals surface area contributed by atoms with Crippen LogP contribution < -0.4 is 10.1 Å². The standard InChI is InChI=1S/C21H27ClN4O2/c1-2-23-19(27)13-28-18-5-3-4-15(20(18)22)12-26-10-8-16-17(9-11-26)24-25-21(16)14-6-7-14/h3-5,14H,2,6-13H2,1H3,(H,23,27)(H,24,25). The Morgan fingerprint density at radius 3 is 2.96 bits per heavy atom. The number of carbonyl (C=O) groups excluding carboxylic acids is 1. The molecule has 1 saturated carbocycles. The average Bonchev–Trinajstić information content (AvgIpc) is 3.48. The first-order chi connectivity index (χ1) is 13.7. The van der Waals surface area contributed by atoms with Crippen LogP contribution in [0.15, 0.2) is 18.2 Å². The molecule has 1 amide bonds. The minimum atomic E-state index is -0.141. The van der Waals surface area contributed by atoms with Gasteiger partial charge in [-0.2, -0.15) is 5.10 Å². The third kappa shape index (κ3) is 4.33. The molecule has 0 saturated heterocycles. The van der Waals surface area contributed by atoms with E-state index in [0.29, 0.717) is 23.2 Å². The van der Waals surface area contributed by atoms with Gasteiger partial charge in [-0.25, -0.2) is 0 Å². The van der Waals surface area contributed by atoms with Crippen molar-refractivity contribution >= 4 is 17.5 Å². The van der Waals surface area contributed by atoms with E-state index in [9.17, 15) is 4.79 Å². The molecule has 7 heteroatoms. The summed E-state index contributed by atoms with van der Waals surface area (Å²) in [5, 5.41) is 11.2. The number of ether oxygens (including phenoxy) is 1. The third-order valence-electron chi connectivity index (χ3n) is 5.47. The van der Waals surface area contributed by atoms with Gasteiger partial charge in [-0.1, -0.05) is 23.7 Å². The van der Waals surface area contributed by atoms with Gasteiger partial charge in [-0.15, -0.1) is 0 Å². The molecule has 0 bridgehead atoms. The van der Waals surface area contributed by atoms with Crippen LogP contribution in [0.25, 0.3) is 0 Å². The number of hydrogen-bond acceptors (Lipinski definition) is 4. The lowest BCUT2D eigenvalue weighted by molar-refractivity contribution is -0.122. The van der Waals surface area contributed by atoms with E-state index in [1.165, 1.54) is 29.8 Å². The molecule has 150 valence electrons. The van der Waals surface area contributed by atoms with Crippen molar-refractivity contribution in [3.8, 4) is 5.75 Å². The van der Waals surface area contributed by atoms with E-state index in [1.807, 2.05) is 25.1 Å². The number of hydrogen-bond donors (Lipinski definition) is 2. The Morgan fingerprint density at radius 2 is 2.18 bits per heavy atom. The topological polar surface area (TPSA) is 70.2 Å². The van der Waals surface area contributed by atoms with Crippen molar-refractivity contribution in [2.45, 2.75) is 45.1 Å². The van der Waals surface area contributed by atoms with Crippen LogP contribution in [-0.2, 0) is 24.2 Å². The second-order valence-corrected chi connectivity index (χ2v) is 7.97. The van der Waals surface area contributed by atoms with Crippen LogP contribution in [0.1, 0.15) is 48.2 Å². The predicted molar refractivity (Wildman–Crippen MR) is 109 cm³/mol. The van der Waals surface area contributed by atoms with E-state index in [0.717, 1.165) is 38.0 Å². The molecule has 0 radical (unpaired) electrons. The summed E-state index contributed by atoms with van der Waals surface area (Å²) < 4.78 is 5.62. The molecular weight excluding hydrogens is 376 g/mol. The average molecular weight is 403 g/mol. The van der Waals surface area contributed by atoms with Crippen molar-refractivity contribution < 1.29 is 9.53 Å². The molecule has 2 N–H and O–H groups in total. The molecule has 1 aliphatic carbocycles. The highest BCUT2D eigenvalue weighted by Crippen LogP contribution is 2.41. The molecular formula is C21H27ClN4O2. The van der Waals surface area contributed by atoms with Crippen LogP contribution >= 0.6 is 11.6 Å². The van der Waals surface area contributed by atoms with Gasteiger partial charge in [-0.05, 0) is 43.4 Å². The third-order valence-corrected chi connectivity index (χ3v) is 5.90. The fraction of sp³-hybridized carbons (Fsp3) is 0.524. The highest BCUT2D eigenvalue weighted by atomic mass is 35.5. The molecule has 4 rings (SSSR count). The molecule has 1 aliphatic heterocycles. The van der Waals surface area contributed by atoms with E-state index < -0.39 is 0 Å². The lowest BCUT2D eigenvalue weighted by atomic mass is 10.1. The Morgan fingerprint density at radius 1 is 1.36 bits per heavy atom. The van der Waals surface area contributed by atoms with Gasteiger partial charge in [0.1, 0.15) is 5.75 Å². The van der Waals surface area contributed by atoms with Crippen molar-refractivity contribution in [3.05, 3.63) is 45.7 Å². The number of fused-ring (bicyclic) bond motifs is 1. The summed E-state index contributed by atoms with van der Waals surface area (Å²) >= 11 is 6.57. The Balaban J connectivity index is 1.39. The lowest BCUT2D eigenvalue weighted by Crippen LogP contribution is -2.28. The summed E-state index contributed by atoms with van der Waals surface area (Å²) in [6.45, 7) is 5.18. The molecule has 0 atom stereocenters. The number of nitrogens with zero attached hydrogens (tertiary/aromatic N) is 2. The largest absolute Gasteiger partial charge is 0.482 e. The number of H-pyrrole nitrogens is 1. The quantitative estimate of drug-likeness (QED) is 0.746. The van der Waals surface area contributed by atoms with E-state index in [1.54, 1.807) is 0 Å². The Kier molecular flexibility index (Phi) is 5.87. The van der Waals surface area contributed by atoms with Gasteiger partial charge in [0.15, 0.2) is 6.61 Å². The first-order valence-electron chi connectivity index (χ1n) is 10.1. The highest BCUT2D eigenvalue weighted by Gasteiger charge is 2.31. The predicted octanol–water partition coefficient (Wildman–Crippen LogP) is 3.06. The maximum atomic E-state index is 11.6. The SMILES string of the molecule is CCNC(=O)COc1cccc(CN2CCc3[nH]nc(C4CC4)c3CC2)c1Cl. The monoisotopic (exact) mass is 402 g/mol. The van der Waals surface area contributed by atoms with Gasteiger partial charge in [0.2, 0.25) is 0 Å². The summed E-state index contributed by atoms with van der Waals surface area (Å²) in [6, 6.07) is 5.78. The number of benzene rings is 1. The number of aromatic amines is 1. The number of amides is 1. The van der Waals surface area contributed by atoms with Gasteiger partial charge in [0, 0.05) is 44.2 Å².